The van der Waals surface area contributed by atoms with Crippen molar-refractivity contribution in [2.75, 3.05) is 17.7 Å². The molecule has 12 nitrogen and oxygen atoms in total. The maximum absolute atomic E-state index is 12.9. The summed E-state index contributed by atoms with van der Waals surface area (Å²) in [5, 5.41) is 25.8. The Morgan fingerprint density at radius 1 is 1.20 bits per heavy atom. The van der Waals surface area contributed by atoms with Crippen molar-refractivity contribution in [3.63, 3.8) is 0 Å². The molecule has 0 spiro atoms. The number of nitriles is 1. The third-order valence-electron chi connectivity index (χ3n) is 5.51. The number of hydrogen-bond acceptors (Lipinski definition) is 10. The van der Waals surface area contributed by atoms with Gasteiger partial charge in [-0.15, -0.1) is 21.5 Å². The number of carbonyl (C=O) groups is 3. The molecule has 40 heavy (non-hydrogen) atoms. The van der Waals surface area contributed by atoms with Crippen LogP contribution in [0.4, 0.5) is 17.2 Å². The molecule has 0 unspecified atom stereocenters. The Morgan fingerprint density at radius 3 is 2.65 bits per heavy atom. The van der Waals surface area contributed by atoms with Gasteiger partial charge in [-0.05, 0) is 25.0 Å². The largest absolute Gasteiger partial charge is 0.494 e. The van der Waals surface area contributed by atoms with Crippen LogP contribution in [0.2, 0.25) is 0 Å². The first-order chi connectivity index (χ1) is 19.1. The summed E-state index contributed by atoms with van der Waals surface area (Å²) in [5.74, 6) is -0.918. The standard InChI is InChI=1S/C24H21B3N8O4S/c1-39-20-14(23-30-11-13(40-23)10-29-18(36)7-8-28)3-2-4-15(20)31-16-9-17(32-21(37)12-5-6-12)34-35-19(16)22(38)33-24(25,26)27/h2-4,9,11-12H,5-7,10H2,1H3,(H,29,36)(H,33,38)(H2,31,32,34,37). The topological polar surface area (TPSA) is 171 Å². The lowest BCUT2D eigenvalue weighted by Crippen LogP contribution is -2.50. The number of nitrogens with zero attached hydrogens (tertiary/aromatic N) is 4. The number of nitrogens with one attached hydrogen (secondary N) is 4. The van der Waals surface area contributed by atoms with Gasteiger partial charge in [0.05, 0.1) is 60.2 Å². The first-order valence-corrected chi connectivity index (χ1v) is 12.8. The van der Waals surface area contributed by atoms with Crippen LogP contribution in [-0.2, 0) is 16.1 Å². The average Bonchev–Trinajstić information content (AvgIpc) is 3.64. The number of thiazole rings is 1. The third-order valence-corrected chi connectivity index (χ3v) is 6.54. The predicted octanol–water partition coefficient (Wildman–Crippen LogP) is 1.08. The van der Waals surface area contributed by atoms with Gasteiger partial charge in [-0.2, -0.15) is 5.26 Å². The summed E-state index contributed by atoms with van der Waals surface area (Å²) < 4.78 is 5.69. The van der Waals surface area contributed by atoms with Crippen molar-refractivity contribution < 1.29 is 19.1 Å². The van der Waals surface area contributed by atoms with Gasteiger partial charge in [-0.25, -0.2) is 4.98 Å². The normalized spacial score (nSPS) is 12.6. The lowest BCUT2D eigenvalue weighted by atomic mass is 9.49. The molecule has 1 fully saturated rings. The summed E-state index contributed by atoms with van der Waals surface area (Å²) in [6.07, 6.45) is 2.98. The Bertz CT molecular complexity index is 1480. The van der Waals surface area contributed by atoms with Crippen LogP contribution < -0.4 is 26.0 Å². The molecule has 1 aliphatic carbocycles. The van der Waals surface area contributed by atoms with Gasteiger partial charge in [-0.3, -0.25) is 14.4 Å². The van der Waals surface area contributed by atoms with Crippen molar-refractivity contribution in [2.45, 2.75) is 31.0 Å². The number of anilines is 3. The van der Waals surface area contributed by atoms with Gasteiger partial charge < -0.3 is 26.0 Å². The fraction of sp³-hybridized carbons (Fsp3) is 0.292. The summed E-state index contributed by atoms with van der Waals surface area (Å²) in [7, 11) is 18.1. The SMILES string of the molecule is [B]C([B])([B])NC(=O)c1nnc(NC(=O)C2CC2)cc1Nc1cccc(-c2ncc(CNC(=O)CC#N)s2)c1OC. The maximum Gasteiger partial charge on any atom is 0.272 e. The van der Waals surface area contributed by atoms with Crippen LogP contribution in [-0.4, -0.2) is 68.8 Å². The zero-order valence-electron chi connectivity index (χ0n) is 21.4. The predicted molar refractivity (Wildman–Crippen MR) is 150 cm³/mol. The molecule has 0 saturated heterocycles. The van der Waals surface area contributed by atoms with Crippen molar-refractivity contribution in [3.05, 3.63) is 41.0 Å². The zero-order chi connectivity index (χ0) is 28.9. The first-order valence-electron chi connectivity index (χ1n) is 12.0. The number of carbonyl (C=O) groups excluding carboxylic acids is 3. The van der Waals surface area contributed by atoms with E-state index in [2.05, 4.69) is 36.4 Å². The van der Waals surface area contributed by atoms with Gasteiger partial charge in [0.1, 0.15) is 11.4 Å². The molecule has 3 amide bonds. The zero-order valence-corrected chi connectivity index (χ0v) is 22.2. The lowest BCUT2D eigenvalue weighted by molar-refractivity contribution is -0.120. The van der Waals surface area contributed by atoms with E-state index in [9.17, 15) is 14.4 Å². The number of rotatable bonds is 11. The Kier molecular flexibility index (Phi) is 8.74. The molecule has 4 rings (SSSR count). The average molecular weight is 550 g/mol. The molecule has 6 radical (unpaired) electrons. The van der Waals surface area contributed by atoms with Crippen LogP contribution in [0.3, 0.4) is 0 Å². The van der Waals surface area contributed by atoms with Crippen molar-refractivity contribution in [3.8, 4) is 22.4 Å². The second-order valence-electron chi connectivity index (χ2n) is 8.90. The highest BCUT2D eigenvalue weighted by atomic mass is 32.1. The third kappa shape index (κ3) is 7.38. The molecule has 1 saturated carbocycles. The minimum atomic E-state index is -2.01. The monoisotopic (exact) mass is 550 g/mol. The fourth-order valence-corrected chi connectivity index (χ4v) is 4.42. The van der Waals surface area contributed by atoms with Crippen LogP contribution in [0.5, 0.6) is 5.75 Å². The minimum Gasteiger partial charge on any atom is -0.494 e. The van der Waals surface area contributed by atoms with E-state index in [1.807, 2.05) is 0 Å². The summed E-state index contributed by atoms with van der Waals surface area (Å²) in [5.41, 5.74) is 1.05. The number of methoxy groups -OCH3 is 1. The van der Waals surface area contributed by atoms with E-state index < -0.39 is 11.1 Å². The van der Waals surface area contributed by atoms with E-state index in [1.54, 1.807) is 30.5 Å². The molecule has 2 heterocycles. The molecule has 0 atom stereocenters. The molecule has 1 aromatic carbocycles. The highest BCUT2D eigenvalue weighted by Crippen LogP contribution is 2.40. The second-order valence-corrected chi connectivity index (χ2v) is 10.0. The smallest absolute Gasteiger partial charge is 0.272 e. The molecular weight excluding hydrogens is 529 g/mol. The summed E-state index contributed by atoms with van der Waals surface area (Å²) in [6, 6.07) is 8.51. The summed E-state index contributed by atoms with van der Waals surface area (Å²) >= 11 is 1.33. The minimum absolute atomic E-state index is 0.0758. The summed E-state index contributed by atoms with van der Waals surface area (Å²) in [6.45, 7) is 0.222. The number of benzene rings is 1. The quantitative estimate of drug-likeness (QED) is 0.255. The Morgan fingerprint density at radius 2 is 1.98 bits per heavy atom. The van der Waals surface area contributed by atoms with E-state index in [1.165, 1.54) is 24.5 Å². The summed E-state index contributed by atoms with van der Waals surface area (Å²) in [4.78, 5) is 42.0. The van der Waals surface area contributed by atoms with Gasteiger partial charge in [0, 0.05) is 23.1 Å². The van der Waals surface area contributed by atoms with Gasteiger partial charge in [0.2, 0.25) is 11.8 Å². The van der Waals surface area contributed by atoms with Crippen molar-refractivity contribution >= 4 is 69.8 Å². The van der Waals surface area contributed by atoms with Crippen molar-refractivity contribution in [1.82, 2.24) is 25.8 Å². The number of hydrogen-bond donors (Lipinski definition) is 4. The molecule has 1 aliphatic rings. The number of aromatic nitrogens is 3. The van der Waals surface area contributed by atoms with E-state index in [0.29, 0.717) is 22.0 Å². The van der Waals surface area contributed by atoms with E-state index in [0.717, 1.165) is 17.7 Å². The highest BCUT2D eigenvalue weighted by Gasteiger charge is 2.30. The van der Waals surface area contributed by atoms with Crippen LogP contribution in [0.15, 0.2) is 30.5 Å². The molecule has 16 heteroatoms. The molecule has 3 aromatic rings. The highest BCUT2D eigenvalue weighted by molar-refractivity contribution is 7.15. The van der Waals surface area contributed by atoms with Crippen LogP contribution in [0, 0.1) is 17.2 Å². The maximum atomic E-state index is 12.9. The molecule has 0 bridgehead atoms. The Hall–Kier alpha value is -4.38. The molecule has 2 aromatic heterocycles. The van der Waals surface area contributed by atoms with Crippen LogP contribution >= 0.6 is 11.3 Å². The van der Waals surface area contributed by atoms with E-state index in [-0.39, 0.29) is 47.9 Å². The van der Waals surface area contributed by atoms with Gasteiger partial charge in [0.15, 0.2) is 17.3 Å². The van der Waals surface area contributed by atoms with Crippen LogP contribution in [0.25, 0.3) is 10.6 Å². The van der Waals surface area contributed by atoms with Gasteiger partial charge >= 0.3 is 0 Å². The van der Waals surface area contributed by atoms with Crippen molar-refractivity contribution in [2.24, 2.45) is 5.92 Å². The molecule has 4 N–H and O–H groups in total. The van der Waals surface area contributed by atoms with Crippen molar-refractivity contribution in [1.29, 1.82) is 5.26 Å². The Balaban J connectivity index is 1.64. The first kappa shape index (κ1) is 28.6. The number of ether oxygens (including phenoxy) is 1. The molecule has 0 aliphatic heterocycles. The van der Waals surface area contributed by atoms with E-state index in [4.69, 9.17) is 33.5 Å². The van der Waals surface area contributed by atoms with Gasteiger partial charge in [0.25, 0.3) is 5.91 Å². The molecule has 196 valence electrons. The Labute approximate surface area is 237 Å². The second kappa shape index (κ2) is 12.2. The number of amides is 3. The fourth-order valence-electron chi connectivity index (χ4n) is 3.55. The van der Waals surface area contributed by atoms with E-state index >= 15 is 0 Å². The van der Waals surface area contributed by atoms with Gasteiger partial charge in [-0.1, -0.05) is 11.3 Å². The lowest BCUT2D eigenvalue weighted by Gasteiger charge is -2.23. The van der Waals surface area contributed by atoms with Crippen LogP contribution in [0.1, 0.15) is 34.6 Å². The number of para-hydroxylation sites is 1. The molecular formula is C24H21B3N8O4S.